The van der Waals surface area contributed by atoms with Crippen molar-refractivity contribution in [1.82, 2.24) is 5.43 Å². The van der Waals surface area contributed by atoms with Crippen molar-refractivity contribution < 1.29 is 18.1 Å². The molecule has 0 radical (unpaired) electrons. The van der Waals surface area contributed by atoms with Gasteiger partial charge in [0.05, 0.1) is 27.3 Å². The Balaban J connectivity index is 1.90. The Morgan fingerprint density at radius 1 is 1.03 bits per heavy atom. The Morgan fingerprint density at radius 3 is 2.38 bits per heavy atom. The summed E-state index contributed by atoms with van der Waals surface area (Å²) in [5.41, 5.74) is 5.16. The second-order valence-electron chi connectivity index (χ2n) is 7.65. The Morgan fingerprint density at radius 2 is 1.71 bits per heavy atom. The fourth-order valence-corrected chi connectivity index (χ4v) is 4.72. The number of carbonyl (C=O) groups excluding carboxylic acids is 1. The van der Waals surface area contributed by atoms with Crippen LogP contribution in [0.5, 0.6) is 0 Å². The Kier molecular flexibility index (Phi) is 7.42. The number of nitro groups is 1. The molecule has 0 saturated heterocycles. The summed E-state index contributed by atoms with van der Waals surface area (Å²) in [5.74, 6) is -0.702. The van der Waals surface area contributed by atoms with Gasteiger partial charge in [0.1, 0.15) is 6.54 Å². The van der Waals surface area contributed by atoms with Gasteiger partial charge in [0.25, 0.3) is 21.6 Å². The first-order chi connectivity index (χ1) is 16.1. The molecule has 0 unspecified atom stereocenters. The maximum Gasteiger partial charge on any atom is 0.278 e. The average Bonchev–Trinajstić information content (AvgIpc) is 2.80. The van der Waals surface area contributed by atoms with Crippen LogP contribution in [-0.4, -0.2) is 32.0 Å². The predicted octanol–water partition coefficient (Wildman–Crippen LogP) is 3.87. The molecule has 3 rings (SSSR count). The molecular weight excluding hydrogens is 456 g/mol. The minimum Gasteiger partial charge on any atom is -0.271 e. The highest BCUT2D eigenvalue weighted by Gasteiger charge is 2.28. The molecule has 0 saturated carbocycles. The Bertz CT molecular complexity index is 1350. The highest BCUT2D eigenvalue weighted by molar-refractivity contribution is 7.92. The summed E-state index contributed by atoms with van der Waals surface area (Å²) >= 11 is 0. The van der Waals surface area contributed by atoms with Crippen molar-refractivity contribution in [3.63, 3.8) is 0 Å². The van der Waals surface area contributed by atoms with Gasteiger partial charge in [0.15, 0.2) is 0 Å². The molecule has 0 atom stereocenters. The maximum absolute atomic E-state index is 13.5. The normalized spacial score (nSPS) is 11.4. The van der Waals surface area contributed by atoms with Gasteiger partial charge in [-0.05, 0) is 56.2 Å². The van der Waals surface area contributed by atoms with E-state index in [-0.39, 0.29) is 16.1 Å². The topological polar surface area (TPSA) is 122 Å². The first-order valence-corrected chi connectivity index (χ1v) is 11.8. The minimum absolute atomic E-state index is 0.0511. The van der Waals surface area contributed by atoms with Crippen molar-refractivity contribution in [1.29, 1.82) is 0 Å². The molecule has 176 valence electrons. The van der Waals surface area contributed by atoms with Gasteiger partial charge in [-0.3, -0.25) is 19.2 Å². The van der Waals surface area contributed by atoms with E-state index in [9.17, 15) is 23.3 Å². The summed E-state index contributed by atoms with van der Waals surface area (Å²) in [4.78, 5) is 23.3. The number of nitro benzene ring substituents is 1. The minimum atomic E-state index is -4.07. The highest BCUT2D eigenvalue weighted by Crippen LogP contribution is 2.28. The van der Waals surface area contributed by atoms with E-state index in [1.807, 2.05) is 19.9 Å². The van der Waals surface area contributed by atoms with Crippen LogP contribution in [0.15, 0.2) is 76.7 Å². The molecule has 10 heteroatoms. The van der Waals surface area contributed by atoms with Crippen LogP contribution in [0.2, 0.25) is 0 Å². The monoisotopic (exact) mass is 480 g/mol. The molecule has 0 spiro atoms. The predicted molar refractivity (Wildman–Crippen MR) is 130 cm³/mol. The summed E-state index contributed by atoms with van der Waals surface area (Å²) in [6.45, 7) is 4.95. The van der Waals surface area contributed by atoms with Gasteiger partial charge >= 0.3 is 0 Å². The second kappa shape index (κ2) is 10.3. The fraction of sp³-hybridized carbons (Fsp3) is 0.167. The number of carbonyl (C=O) groups is 1. The number of amides is 1. The zero-order chi connectivity index (χ0) is 24.9. The summed E-state index contributed by atoms with van der Waals surface area (Å²) in [7, 11) is -4.07. The molecular formula is C24H24N4O5S. The smallest absolute Gasteiger partial charge is 0.271 e. The number of aryl methyl sites for hydroxylation is 2. The van der Waals surface area contributed by atoms with E-state index in [0.29, 0.717) is 5.69 Å². The van der Waals surface area contributed by atoms with Crippen molar-refractivity contribution in [2.45, 2.75) is 25.7 Å². The maximum atomic E-state index is 13.5. The third-order valence-corrected chi connectivity index (χ3v) is 7.04. The Labute approximate surface area is 197 Å². The molecule has 0 bridgehead atoms. The quantitative estimate of drug-likeness (QED) is 0.298. The molecule has 0 aromatic heterocycles. The fourth-order valence-electron chi connectivity index (χ4n) is 3.25. The molecule has 34 heavy (non-hydrogen) atoms. The number of sulfonamides is 1. The molecule has 0 heterocycles. The lowest BCUT2D eigenvalue weighted by Gasteiger charge is -2.26. The summed E-state index contributed by atoms with van der Waals surface area (Å²) < 4.78 is 28.0. The van der Waals surface area contributed by atoms with Crippen molar-refractivity contribution in [3.05, 3.63) is 99.1 Å². The van der Waals surface area contributed by atoms with E-state index >= 15 is 0 Å². The first-order valence-electron chi connectivity index (χ1n) is 10.3. The number of hydrogen-bond donors (Lipinski definition) is 1. The van der Waals surface area contributed by atoms with Crippen LogP contribution in [0.3, 0.4) is 0 Å². The molecule has 0 aliphatic rings. The van der Waals surface area contributed by atoms with Crippen LogP contribution in [0.25, 0.3) is 0 Å². The molecule has 3 aromatic carbocycles. The van der Waals surface area contributed by atoms with Gasteiger partial charge in [-0.25, -0.2) is 13.8 Å². The lowest BCUT2D eigenvalue weighted by atomic mass is 10.1. The Hall–Kier alpha value is -4.05. The number of hydrogen-bond acceptors (Lipinski definition) is 6. The molecule has 1 amide bonds. The second-order valence-corrected chi connectivity index (χ2v) is 9.52. The third kappa shape index (κ3) is 5.46. The number of rotatable bonds is 8. The average molecular weight is 481 g/mol. The molecule has 9 nitrogen and oxygen atoms in total. The number of hydrazone groups is 1. The van der Waals surface area contributed by atoms with Gasteiger partial charge in [-0.15, -0.1) is 0 Å². The standard InChI is InChI=1S/C24H24N4O5S/c1-17-11-13-21(14-12-17)34(32,33)27(22-10-6-7-18(2)19(22)3)16-24(29)26-25-15-20-8-4-5-9-23(20)28(30)31/h4-15H,16H2,1-3H3,(H,26,29)/b25-15-. The molecule has 1 N–H and O–H groups in total. The van der Waals surface area contributed by atoms with E-state index in [1.54, 1.807) is 37.3 Å². The van der Waals surface area contributed by atoms with Crippen LogP contribution >= 0.6 is 0 Å². The first kappa shape index (κ1) is 24.6. The van der Waals surface area contributed by atoms with Crippen LogP contribution in [0.1, 0.15) is 22.3 Å². The number of anilines is 1. The summed E-state index contributed by atoms with van der Waals surface area (Å²) in [5, 5.41) is 14.9. The molecule has 0 aliphatic heterocycles. The van der Waals surface area contributed by atoms with Gasteiger partial charge in [-0.1, -0.05) is 42.0 Å². The number of nitrogens with zero attached hydrogens (tertiary/aromatic N) is 3. The largest absolute Gasteiger partial charge is 0.278 e. The van der Waals surface area contributed by atoms with Gasteiger partial charge in [-0.2, -0.15) is 5.10 Å². The number of benzene rings is 3. The van der Waals surface area contributed by atoms with Crippen molar-refractivity contribution in [2.75, 3.05) is 10.8 Å². The number of nitrogens with one attached hydrogen (secondary N) is 1. The van der Waals surface area contributed by atoms with Gasteiger partial charge in [0, 0.05) is 6.07 Å². The lowest BCUT2D eigenvalue weighted by Crippen LogP contribution is -2.40. The summed E-state index contributed by atoms with van der Waals surface area (Å²) in [6, 6.07) is 17.5. The highest BCUT2D eigenvalue weighted by atomic mass is 32.2. The van der Waals surface area contributed by atoms with E-state index in [1.165, 1.54) is 30.3 Å². The zero-order valence-corrected chi connectivity index (χ0v) is 19.7. The van der Waals surface area contributed by atoms with E-state index < -0.39 is 27.4 Å². The lowest BCUT2D eigenvalue weighted by molar-refractivity contribution is -0.385. The van der Waals surface area contributed by atoms with Crippen LogP contribution in [0, 0.1) is 30.9 Å². The van der Waals surface area contributed by atoms with E-state index in [4.69, 9.17) is 0 Å². The van der Waals surface area contributed by atoms with E-state index in [2.05, 4.69) is 10.5 Å². The summed E-state index contributed by atoms with van der Waals surface area (Å²) in [6.07, 6.45) is 1.15. The zero-order valence-electron chi connectivity index (χ0n) is 18.9. The van der Waals surface area contributed by atoms with Crippen molar-refractivity contribution in [2.24, 2.45) is 5.10 Å². The van der Waals surface area contributed by atoms with E-state index in [0.717, 1.165) is 27.2 Å². The van der Waals surface area contributed by atoms with Gasteiger partial charge < -0.3 is 0 Å². The van der Waals surface area contributed by atoms with Gasteiger partial charge in [0.2, 0.25) is 0 Å². The van der Waals surface area contributed by atoms with Crippen molar-refractivity contribution in [3.8, 4) is 0 Å². The van der Waals surface area contributed by atoms with Crippen LogP contribution in [0.4, 0.5) is 11.4 Å². The molecule has 3 aromatic rings. The van der Waals surface area contributed by atoms with Crippen LogP contribution < -0.4 is 9.73 Å². The number of para-hydroxylation sites is 1. The molecule has 0 aliphatic carbocycles. The SMILES string of the molecule is Cc1ccc(S(=O)(=O)N(CC(=O)N/N=C\c2ccccc2[N+](=O)[O-])c2cccc(C)c2C)cc1. The van der Waals surface area contributed by atoms with Crippen LogP contribution in [-0.2, 0) is 14.8 Å². The third-order valence-electron chi connectivity index (χ3n) is 5.27. The van der Waals surface area contributed by atoms with Crippen molar-refractivity contribution >= 4 is 33.5 Å². The molecule has 0 fully saturated rings.